The molecule has 1 aromatic rings. The van der Waals surface area contributed by atoms with Crippen LogP contribution in [-0.2, 0) is 4.79 Å². The Morgan fingerprint density at radius 1 is 1.16 bits per heavy atom. The third-order valence-corrected chi connectivity index (χ3v) is 6.72. The van der Waals surface area contributed by atoms with Crippen LogP contribution in [0.5, 0.6) is 0 Å². The van der Waals surface area contributed by atoms with Crippen LogP contribution in [0.3, 0.4) is 0 Å². The van der Waals surface area contributed by atoms with Crippen molar-refractivity contribution in [1.29, 1.82) is 0 Å². The van der Waals surface area contributed by atoms with E-state index in [9.17, 15) is 4.79 Å². The lowest BCUT2D eigenvalue weighted by Crippen LogP contribution is -2.49. The highest BCUT2D eigenvalue weighted by molar-refractivity contribution is 8.14. The highest BCUT2D eigenvalue weighted by atomic mass is 32.2. The van der Waals surface area contributed by atoms with Gasteiger partial charge in [0.25, 0.3) is 5.91 Å². The average molecular weight is 359 g/mol. The SMILES string of the molecule is CCN1CCN(CCCC2(C)C(=O)N=C3Sc4ccccc4N32)CC1. The van der Waals surface area contributed by atoms with Gasteiger partial charge in [-0.05, 0) is 56.7 Å². The Bertz CT molecular complexity index is 698. The average Bonchev–Trinajstić information content (AvgIpc) is 3.10. The van der Waals surface area contributed by atoms with Crippen LogP contribution in [0, 0.1) is 0 Å². The van der Waals surface area contributed by atoms with Crippen LogP contribution in [0.15, 0.2) is 34.2 Å². The molecule has 0 saturated carbocycles. The van der Waals surface area contributed by atoms with Gasteiger partial charge in [0.05, 0.1) is 5.69 Å². The second kappa shape index (κ2) is 6.74. The normalized spacial score (nSPS) is 26.7. The minimum absolute atomic E-state index is 0.0142. The highest BCUT2D eigenvalue weighted by Crippen LogP contribution is 2.48. The van der Waals surface area contributed by atoms with E-state index in [0.29, 0.717) is 0 Å². The summed E-state index contributed by atoms with van der Waals surface area (Å²) >= 11 is 1.62. The number of amidine groups is 1. The van der Waals surface area contributed by atoms with Crippen molar-refractivity contribution in [2.45, 2.75) is 37.1 Å². The summed E-state index contributed by atoms with van der Waals surface area (Å²) in [6.45, 7) is 11.1. The number of fused-ring (bicyclic) bond motifs is 3. The summed E-state index contributed by atoms with van der Waals surface area (Å²) in [5.74, 6) is 0.0142. The minimum atomic E-state index is -0.528. The van der Waals surface area contributed by atoms with Gasteiger partial charge < -0.3 is 14.7 Å². The first kappa shape index (κ1) is 17.1. The van der Waals surface area contributed by atoms with Crippen molar-refractivity contribution in [2.75, 3.05) is 44.2 Å². The van der Waals surface area contributed by atoms with E-state index in [-0.39, 0.29) is 5.91 Å². The molecule has 25 heavy (non-hydrogen) atoms. The van der Waals surface area contributed by atoms with E-state index >= 15 is 0 Å². The number of hydrogen-bond donors (Lipinski definition) is 0. The molecule has 134 valence electrons. The van der Waals surface area contributed by atoms with Crippen molar-refractivity contribution in [2.24, 2.45) is 4.99 Å². The Morgan fingerprint density at radius 3 is 2.64 bits per heavy atom. The Kier molecular flexibility index (Phi) is 4.60. The second-order valence-corrected chi connectivity index (χ2v) is 8.27. The number of hydrogen-bond acceptors (Lipinski definition) is 5. The molecule has 0 bridgehead atoms. The summed E-state index contributed by atoms with van der Waals surface area (Å²) in [5.41, 5.74) is 0.608. The molecule has 1 saturated heterocycles. The number of anilines is 1. The van der Waals surface area contributed by atoms with Crippen molar-refractivity contribution in [3.63, 3.8) is 0 Å². The van der Waals surface area contributed by atoms with E-state index in [2.05, 4.69) is 45.7 Å². The van der Waals surface area contributed by atoms with Gasteiger partial charge in [-0.3, -0.25) is 4.79 Å². The largest absolute Gasteiger partial charge is 0.304 e. The van der Waals surface area contributed by atoms with E-state index in [4.69, 9.17) is 0 Å². The van der Waals surface area contributed by atoms with Crippen LogP contribution >= 0.6 is 11.8 Å². The topological polar surface area (TPSA) is 39.1 Å². The summed E-state index contributed by atoms with van der Waals surface area (Å²) in [6.07, 6.45) is 1.88. The third-order valence-electron chi connectivity index (χ3n) is 5.70. The number of likely N-dealkylation sites (N-methyl/N-ethyl adjacent to an activating group) is 1. The lowest BCUT2D eigenvalue weighted by molar-refractivity contribution is -0.121. The van der Waals surface area contributed by atoms with Gasteiger partial charge in [-0.25, -0.2) is 0 Å². The molecule has 6 heteroatoms. The van der Waals surface area contributed by atoms with Crippen molar-refractivity contribution >= 4 is 28.5 Å². The van der Waals surface area contributed by atoms with Gasteiger partial charge in [0.15, 0.2) is 5.17 Å². The van der Waals surface area contributed by atoms with Gasteiger partial charge in [-0.2, -0.15) is 4.99 Å². The molecule has 1 atom stereocenters. The van der Waals surface area contributed by atoms with Crippen LogP contribution in [-0.4, -0.2) is 65.7 Å². The van der Waals surface area contributed by atoms with Crippen LogP contribution in [0.2, 0.25) is 0 Å². The molecule has 0 N–H and O–H groups in total. The van der Waals surface area contributed by atoms with Crippen molar-refractivity contribution < 1.29 is 4.79 Å². The molecule has 0 radical (unpaired) electrons. The summed E-state index contributed by atoms with van der Waals surface area (Å²) in [7, 11) is 0. The van der Waals surface area contributed by atoms with E-state index < -0.39 is 5.54 Å². The number of carbonyl (C=O) groups is 1. The zero-order valence-electron chi connectivity index (χ0n) is 15.1. The Morgan fingerprint density at radius 2 is 1.88 bits per heavy atom. The number of amides is 1. The predicted molar refractivity (Wildman–Crippen MR) is 103 cm³/mol. The molecule has 1 aromatic carbocycles. The van der Waals surface area contributed by atoms with Crippen molar-refractivity contribution in [1.82, 2.24) is 9.80 Å². The fourth-order valence-corrected chi connectivity index (χ4v) is 5.15. The van der Waals surface area contributed by atoms with Gasteiger partial charge in [0, 0.05) is 31.1 Å². The predicted octanol–water partition coefficient (Wildman–Crippen LogP) is 2.67. The molecular weight excluding hydrogens is 332 g/mol. The Balaban J connectivity index is 1.39. The van der Waals surface area contributed by atoms with E-state index in [0.717, 1.165) is 63.0 Å². The molecular formula is C19H26N4OS. The summed E-state index contributed by atoms with van der Waals surface area (Å²) in [6, 6.07) is 8.30. The minimum Gasteiger partial charge on any atom is -0.304 e. The number of piperazine rings is 1. The molecule has 1 amide bonds. The zero-order valence-corrected chi connectivity index (χ0v) is 15.9. The van der Waals surface area contributed by atoms with Crippen molar-refractivity contribution in [3.05, 3.63) is 24.3 Å². The first-order valence-corrected chi connectivity index (χ1v) is 10.1. The first-order chi connectivity index (χ1) is 12.1. The summed E-state index contributed by atoms with van der Waals surface area (Å²) in [5, 5.41) is 0.852. The van der Waals surface area contributed by atoms with Gasteiger partial charge in [0.2, 0.25) is 0 Å². The fraction of sp³-hybridized carbons (Fsp3) is 0.579. The number of rotatable bonds is 5. The maximum absolute atomic E-state index is 12.6. The molecule has 0 aliphatic carbocycles. The van der Waals surface area contributed by atoms with Gasteiger partial charge >= 0.3 is 0 Å². The molecule has 1 fully saturated rings. The molecule has 0 aromatic heterocycles. The van der Waals surface area contributed by atoms with Crippen LogP contribution in [0.1, 0.15) is 26.7 Å². The quantitative estimate of drug-likeness (QED) is 0.809. The lowest BCUT2D eigenvalue weighted by atomic mass is 9.93. The molecule has 0 spiro atoms. The van der Waals surface area contributed by atoms with Gasteiger partial charge in [-0.1, -0.05) is 19.1 Å². The van der Waals surface area contributed by atoms with E-state index in [1.165, 1.54) is 4.90 Å². The molecule has 1 unspecified atom stereocenters. The summed E-state index contributed by atoms with van der Waals surface area (Å²) in [4.78, 5) is 25.4. The first-order valence-electron chi connectivity index (χ1n) is 9.27. The smallest absolute Gasteiger partial charge is 0.274 e. The number of benzene rings is 1. The molecule has 3 aliphatic heterocycles. The third kappa shape index (κ3) is 3.00. The summed E-state index contributed by atoms with van der Waals surface area (Å²) < 4.78 is 0. The standard InChI is InChI=1S/C19H26N4OS/c1-3-21-11-13-22(14-12-21)10-6-9-19(2)17(24)20-18-23(19)15-7-4-5-8-16(15)25-18/h4-5,7-8H,3,6,9-14H2,1-2H3. The Labute approximate surface area is 154 Å². The van der Waals surface area contributed by atoms with Crippen LogP contribution in [0.25, 0.3) is 0 Å². The molecule has 5 nitrogen and oxygen atoms in total. The van der Waals surface area contributed by atoms with Gasteiger partial charge in [0.1, 0.15) is 5.54 Å². The highest BCUT2D eigenvalue weighted by Gasteiger charge is 2.50. The number of thioether (sulfide) groups is 1. The number of nitrogens with zero attached hydrogens (tertiary/aromatic N) is 4. The maximum atomic E-state index is 12.6. The number of carbonyl (C=O) groups excluding carboxylic acids is 1. The van der Waals surface area contributed by atoms with Gasteiger partial charge in [-0.15, -0.1) is 0 Å². The molecule has 3 aliphatic rings. The van der Waals surface area contributed by atoms with E-state index in [1.807, 2.05) is 12.1 Å². The molecule has 3 heterocycles. The second-order valence-electron chi connectivity index (χ2n) is 7.26. The molecule has 4 rings (SSSR count). The van der Waals surface area contributed by atoms with Crippen LogP contribution < -0.4 is 4.90 Å². The van der Waals surface area contributed by atoms with E-state index in [1.54, 1.807) is 11.8 Å². The van der Waals surface area contributed by atoms with Crippen molar-refractivity contribution in [3.8, 4) is 0 Å². The number of aliphatic imine (C=N–C) groups is 1. The zero-order chi connectivity index (χ0) is 17.4. The number of para-hydroxylation sites is 1. The monoisotopic (exact) mass is 358 g/mol. The lowest BCUT2D eigenvalue weighted by Gasteiger charge is -2.36. The fourth-order valence-electron chi connectivity index (χ4n) is 4.02. The Hall–Kier alpha value is -1.37. The van der Waals surface area contributed by atoms with Crippen LogP contribution in [0.4, 0.5) is 5.69 Å². The maximum Gasteiger partial charge on any atom is 0.274 e.